The number of hydrogen-bond acceptors (Lipinski definition) is 5. The summed E-state index contributed by atoms with van der Waals surface area (Å²) in [6.45, 7) is 5.72. The molecule has 1 aromatic heterocycles. The first-order valence-electron chi connectivity index (χ1n) is 10.3. The van der Waals surface area contributed by atoms with Gasteiger partial charge in [0.15, 0.2) is 18.1 Å². The number of carbonyl (C=O) groups is 2. The second kappa shape index (κ2) is 8.68. The van der Waals surface area contributed by atoms with Gasteiger partial charge < -0.3 is 18.8 Å². The van der Waals surface area contributed by atoms with E-state index in [2.05, 4.69) is 0 Å². The molecule has 0 unspecified atom stereocenters. The molecule has 6 heteroatoms. The van der Waals surface area contributed by atoms with Crippen molar-refractivity contribution in [1.82, 2.24) is 4.57 Å². The maximum atomic E-state index is 12.8. The van der Waals surface area contributed by atoms with E-state index in [1.54, 1.807) is 0 Å². The van der Waals surface area contributed by atoms with Crippen LogP contribution >= 0.6 is 0 Å². The molecule has 0 fully saturated rings. The summed E-state index contributed by atoms with van der Waals surface area (Å²) < 4.78 is 18.1. The monoisotopic (exact) mass is 419 g/mol. The SMILES string of the molecule is Cc1cc(C(=O)COC(=O)C[C@H](C)c2ccccc2)c(C)n1-c1ccc2c(c1)OCO2. The summed E-state index contributed by atoms with van der Waals surface area (Å²) in [5, 5.41) is 0. The van der Waals surface area contributed by atoms with Crippen LogP contribution in [0, 0.1) is 13.8 Å². The van der Waals surface area contributed by atoms with Crippen LogP contribution in [0.1, 0.15) is 46.6 Å². The highest BCUT2D eigenvalue weighted by Gasteiger charge is 2.21. The molecule has 2 aromatic carbocycles. The van der Waals surface area contributed by atoms with E-state index in [4.69, 9.17) is 14.2 Å². The normalized spacial score (nSPS) is 13.1. The number of nitrogens with zero attached hydrogens (tertiary/aromatic N) is 1. The minimum atomic E-state index is -0.380. The molecule has 0 saturated carbocycles. The smallest absolute Gasteiger partial charge is 0.306 e. The van der Waals surface area contributed by atoms with Gasteiger partial charge in [0.25, 0.3) is 0 Å². The molecule has 1 atom stereocenters. The lowest BCUT2D eigenvalue weighted by molar-refractivity contribution is -0.142. The van der Waals surface area contributed by atoms with Gasteiger partial charge in [-0.1, -0.05) is 37.3 Å². The molecule has 4 rings (SSSR count). The van der Waals surface area contributed by atoms with Crippen LogP contribution in [-0.4, -0.2) is 29.7 Å². The predicted molar refractivity (Wildman–Crippen MR) is 116 cm³/mol. The van der Waals surface area contributed by atoms with Gasteiger partial charge >= 0.3 is 5.97 Å². The van der Waals surface area contributed by atoms with Gasteiger partial charge in [-0.05, 0) is 43.5 Å². The maximum absolute atomic E-state index is 12.8. The van der Waals surface area contributed by atoms with E-state index >= 15 is 0 Å². The Balaban J connectivity index is 1.42. The van der Waals surface area contributed by atoms with Crippen molar-refractivity contribution in [2.24, 2.45) is 0 Å². The largest absolute Gasteiger partial charge is 0.457 e. The summed E-state index contributed by atoms with van der Waals surface area (Å²) in [5.41, 5.74) is 4.18. The third kappa shape index (κ3) is 4.33. The van der Waals surface area contributed by atoms with Gasteiger partial charge in [0.05, 0.1) is 6.42 Å². The second-order valence-corrected chi connectivity index (χ2v) is 7.76. The van der Waals surface area contributed by atoms with Gasteiger partial charge in [0.2, 0.25) is 12.6 Å². The number of aryl methyl sites for hydroxylation is 1. The number of fused-ring (bicyclic) bond motifs is 1. The number of benzene rings is 2. The molecule has 6 nitrogen and oxygen atoms in total. The molecule has 1 aliphatic heterocycles. The molecule has 2 heterocycles. The first kappa shape index (κ1) is 20.7. The third-order valence-corrected chi connectivity index (χ3v) is 5.55. The van der Waals surface area contributed by atoms with E-state index in [-0.39, 0.29) is 37.5 Å². The van der Waals surface area contributed by atoms with Crippen molar-refractivity contribution in [1.29, 1.82) is 0 Å². The fourth-order valence-corrected chi connectivity index (χ4v) is 3.90. The summed E-state index contributed by atoms with van der Waals surface area (Å²) >= 11 is 0. The molecular formula is C25H25NO5. The molecule has 160 valence electrons. The van der Waals surface area contributed by atoms with Crippen LogP contribution in [0.25, 0.3) is 5.69 Å². The van der Waals surface area contributed by atoms with Crippen LogP contribution in [0.5, 0.6) is 11.5 Å². The summed E-state index contributed by atoms with van der Waals surface area (Å²) in [6.07, 6.45) is 0.230. The number of aromatic nitrogens is 1. The van der Waals surface area contributed by atoms with Crippen LogP contribution in [0.15, 0.2) is 54.6 Å². The number of ether oxygens (including phenoxy) is 3. The zero-order valence-electron chi connectivity index (χ0n) is 17.9. The van der Waals surface area contributed by atoms with Crippen molar-refractivity contribution < 1.29 is 23.8 Å². The topological polar surface area (TPSA) is 66.8 Å². The van der Waals surface area contributed by atoms with Gasteiger partial charge in [0.1, 0.15) is 0 Å². The molecule has 0 N–H and O–H groups in total. The average Bonchev–Trinajstić information content (AvgIpc) is 3.35. The van der Waals surface area contributed by atoms with Crippen molar-refractivity contribution in [3.8, 4) is 17.2 Å². The fraction of sp³-hybridized carbons (Fsp3) is 0.280. The highest BCUT2D eigenvalue weighted by Crippen LogP contribution is 2.35. The van der Waals surface area contributed by atoms with Gasteiger partial charge in [-0.15, -0.1) is 0 Å². The van der Waals surface area contributed by atoms with Crippen molar-refractivity contribution in [2.75, 3.05) is 13.4 Å². The van der Waals surface area contributed by atoms with Crippen LogP contribution in [0.3, 0.4) is 0 Å². The zero-order chi connectivity index (χ0) is 22.0. The van der Waals surface area contributed by atoms with Crippen LogP contribution in [-0.2, 0) is 9.53 Å². The number of hydrogen-bond donors (Lipinski definition) is 0. The summed E-state index contributed by atoms with van der Waals surface area (Å²) in [6, 6.07) is 17.3. The Labute approximate surface area is 181 Å². The molecule has 31 heavy (non-hydrogen) atoms. The number of ketones is 1. The van der Waals surface area contributed by atoms with Crippen LogP contribution in [0.4, 0.5) is 0 Å². The lowest BCUT2D eigenvalue weighted by atomic mass is 9.98. The van der Waals surface area contributed by atoms with E-state index < -0.39 is 0 Å². The van der Waals surface area contributed by atoms with Crippen LogP contribution in [0.2, 0.25) is 0 Å². The molecule has 1 aliphatic rings. The van der Waals surface area contributed by atoms with Gasteiger partial charge in [-0.3, -0.25) is 9.59 Å². The minimum Gasteiger partial charge on any atom is -0.457 e. The number of esters is 1. The molecule has 0 aliphatic carbocycles. The first-order valence-corrected chi connectivity index (χ1v) is 10.3. The average molecular weight is 419 g/mol. The Morgan fingerprint density at radius 2 is 1.77 bits per heavy atom. The Kier molecular flexibility index (Phi) is 5.80. The van der Waals surface area contributed by atoms with Gasteiger partial charge in [-0.2, -0.15) is 0 Å². The third-order valence-electron chi connectivity index (χ3n) is 5.55. The predicted octanol–water partition coefficient (Wildman–Crippen LogP) is 4.74. The summed E-state index contributed by atoms with van der Waals surface area (Å²) in [4.78, 5) is 25.0. The maximum Gasteiger partial charge on any atom is 0.306 e. The second-order valence-electron chi connectivity index (χ2n) is 7.76. The lowest BCUT2D eigenvalue weighted by Gasteiger charge is -2.12. The van der Waals surface area contributed by atoms with E-state index in [0.29, 0.717) is 17.1 Å². The molecular weight excluding hydrogens is 394 g/mol. The minimum absolute atomic E-state index is 0.0277. The highest BCUT2D eigenvalue weighted by molar-refractivity contribution is 5.99. The van der Waals surface area contributed by atoms with Gasteiger partial charge in [-0.25, -0.2) is 0 Å². The Morgan fingerprint density at radius 1 is 1.03 bits per heavy atom. The van der Waals surface area contributed by atoms with Gasteiger partial charge in [0, 0.05) is 28.7 Å². The molecule has 0 saturated heterocycles. The molecule has 0 amide bonds. The Morgan fingerprint density at radius 3 is 2.55 bits per heavy atom. The van der Waals surface area contributed by atoms with E-state index in [0.717, 1.165) is 22.6 Å². The van der Waals surface area contributed by atoms with E-state index in [1.807, 2.05) is 79.9 Å². The lowest BCUT2D eigenvalue weighted by Crippen LogP contribution is -2.16. The van der Waals surface area contributed by atoms with E-state index in [1.165, 1.54) is 0 Å². The van der Waals surface area contributed by atoms with Crippen LogP contribution < -0.4 is 9.47 Å². The first-order chi connectivity index (χ1) is 14.9. The van der Waals surface area contributed by atoms with Crippen molar-refractivity contribution in [3.63, 3.8) is 0 Å². The Hall–Kier alpha value is -3.54. The molecule has 0 bridgehead atoms. The van der Waals surface area contributed by atoms with E-state index in [9.17, 15) is 9.59 Å². The molecule has 3 aromatic rings. The molecule has 0 radical (unpaired) electrons. The highest BCUT2D eigenvalue weighted by atomic mass is 16.7. The zero-order valence-corrected chi connectivity index (χ0v) is 17.9. The quantitative estimate of drug-likeness (QED) is 0.409. The Bertz CT molecular complexity index is 1120. The molecule has 0 spiro atoms. The number of carbonyl (C=O) groups excluding carboxylic acids is 2. The van der Waals surface area contributed by atoms with Crippen molar-refractivity contribution in [3.05, 3.63) is 77.1 Å². The fourth-order valence-electron chi connectivity index (χ4n) is 3.90. The number of rotatable bonds is 7. The summed E-state index contributed by atoms with van der Waals surface area (Å²) in [5.74, 6) is 0.813. The van der Waals surface area contributed by atoms with Crippen molar-refractivity contribution >= 4 is 11.8 Å². The standard InChI is InChI=1S/C25H25NO5/c1-16(19-7-5-4-6-8-19)11-25(28)29-14-22(27)21-12-17(2)26(18(21)3)20-9-10-23-24(13-20)31-15-30-23/h4-10,12-13,16H,11,14-15H2,1-3H3/t16-/m0/s1. The number of Topliss-reactive ketones (excluding diaryl/α,β-unsaturated/α-hetero) is 1. The van der Waals surface area contributed by atoms with Crippen molar-refractivity contribution in [2.45, 2.75) is 33.1 Å². The summed E-state index contributed by atoms with van der Waals surface area (Å²) in [7, 11) is 0.